The van der Waals surface area contributed by atoms with Crippen LogP contribution >= 0.6 is 0 Å². The maximum atomic E-state index is 12.4. The second-order valence-electron chi connectivity index (χ2n) is 5.99. The molecule has 0 aromatic carbocycles. The van der Waals surface area contributed by atoms with E-state index in [4.69, 9.17) is 4.52 Å². The van der Waals surface area contributed by atoms with E-state index in [1.807, 2.05) is 18.7 Å². The van der Waals surface area contributed by atoms with Crippen molar-refractivity contribution in [2.75, 3.05) is 11.9 Å². The molecule has 0 spiro atoms. The van der Waals surface area contributed by atoms with Crippen molar-refractivity contribution in [3.8, 4) is 0 Å². The van der Waals surface area contributed by atoms with Gasteiger partial charge in [-0.2, -0.15) is 5.10 Å². The lowest BCUT2D eigenvalue weighted by atomic mass is 10.0. The standard InChI is InChI=1S/C16H21N5O3/c1-4-21-15(22)8-12-9-20(6-5-13(12)18-21)11(3)16(23)17-14-7-10(2)19-24-14/h7-8,11H,4-6,9H2,1-3H3,(H,17,23)/t11-/m0/s1. The fourth-order valence-electron chi connectivity index (χ4n) is 2.83. The Hall–Kier alpha value is -2.48. The van der Waals surface area contributed by atoms with E-state index < -0.39 is 0 Å². The smallest absolute Gasteiger partial charge is 0.267 e. The van der Waals surface area contributed by atoms with Gasteiger partial charge in [0, 0.05) is 38.2 Å². The molecule has 3 rings (SSSR count). The first-order chi connectivity index (χ1) is 11.5. The predicted octanol–water partition coefficient (Wildman–Crippen LogP) is 0.945. The lowest BCUT2D eigenvalue weighted by Gasteiger charge is -2.32. The SMILES string of the molecule is CCn1nc2c(cc1=O)CN([C@@H](C)C(=O)Nc1cc(C)no1)CC2. The Morgan fingerprint density at radius 3 is 2.92 bits per heavy atom. The number of carbonyl (C=O) groups excluding carboxylic acids is 1. The lowest BCUT2D eigenvalue weighted by Crippen LogP contribution is -2.45. The van der Waals surface area contributed by atoms with Gasteiger partial charge in [-0.3, -0.25) is 19.8 Å². The van der Waals surface area contributed by atoms with Crippen LogP contribution in [0.3, 0.4) is 0 Å². The minimum atomic E-state index is -0.350. The maximum Gasteiger partial charge on any atom is 0.267 e. The summed E-state index contributed by atoms with van der Waals surface area (Å²) in [6.45, 7) is 7.33. The molecule has 0 radical (unpaired) electrons. The Balaban J connectivity index is 1.71. The van der Waals surface area contributed by atoms with Crippen molar-refractivity contribution in [1.29, 1.82) is 0 Å². The summed E-state index contributed by atoms with van der Waals surface area (Å²) in [5.74, 6) is 0.179. The van der Waals surface area contributed by atoms with Gasteiger partial charge in [-0.15, -0.1) is 0 Å². The molecular weight excluding hydrogens is 310 g/mol. The minimum Gasteiger partial charge on any atom is -0.338 e. The Bertz CT molecular complexity index is 810. The highest BCUT2D eigenvalue weighted by molar-refractivity contribution is 5.93. The quantitative estimate of drug-likeness (QED) is 0.896. The fourth-order valence-corrected chi connectivity index (χ4v) is 2.83. The molecule has 0 unspecified atom stereocenters. The van der Waals surface area contributed by atoms with Crippen LogP contribution in [0.4, 0.5) is 5.88 Å². The molecule has 3 heterocycles. The van der Waals surface area contributed by atoms with E-state index in [2.05, 4.69) is 15.6 Å². The summed E-state index contributed by atoms with van der Waals surface area (Å²) in [7, 11) is 0. The van der Waals surface area contributed by atoms with Gasteiger partial charge in [0.15, 0.2) is 0 Å². The molecule has 1 aliphatic heterocycles. The van der Waals surface area contributed by atoms with Gasteiger partial charge in [0.2, 0.25) is 11.8 Å². The number of nitrogens with one attached hydrogen (secondary N) is 1. The molecule has 1 atom stereocenters. The number of hydrogen-bond acceptors (Lipinski definition) is 6. The molecule has 1 aliphatic rings. The van der Waals surface area contributed by atoms with Crippen molar-refractivity contribution in [2.45, 2.75) is 46.3 Å². The monoisotopic (exact) mass is 331 g/mol. The second-order valence-corrected chi connectivity index (χ2v) is 5.99. The van der Waals surface area contributed by atoms with E-state index in [-0.39, 0.29) is 17.5 Å². The molecule has 8 heteroatoms. The molecule has 0 fully saturated rings. The summed E-state index contributed by atoms with van der Waals surface area (Å²) in [6.07, 6.45) is 0.717. The molecule has 24 heavy (non-hydrogen) atoms. The Labute approximate surface area is 139 Å². The van der Waals surface area contributed by atoms with Crippen LogP contribution in [-0.4, -0.2) is 38.3 Å². The van der Waals surface area contributed by atoms with Crippen LogP contribution in [0.5, 0.6) is 0 Å². The molecule has 2 aromatic heterocycles. The maximum absolute atomic E-state index is 12.4. The number of fused-ring (bicyclic) bond motifs is 1. The average molecular weight is 331 g/mol. The summed E-state index contributed by atoms with van der Waals surface area (Å²) in [5, 5.41) is 10.9. The number of anilines is 1. The number of rotatable bonds is 4. The topological polar surface area (TPSA) is 93.3 Å². The Kier molecular flexibility index (Phi) is 4.48. The summed E-state index contributed by atoms with van der Waals surface area (Å²) in [5.41, 5.74) is 2.44. The van der Waals surface area contributed by atoms with Crippen LogP contribution < -0.4 is 10.9 Å². The van der Waals surface area contributed by atoms with Crippen LogP contribution in [0.15, 0.2) is 21.5 Å². The molecule has 0 saturated carbocycles. The lowest BCUT2D eigenvalue weighted by molar-refractivity contribution is -0.121. The van der Waals surface area contributed by atoms with Gasteiger partial charge in [-0.05, 0) is 26.3 Å². The van der Waals surface area contributed by atoms with E-state index in [1.165, 1.54) is 4.68 Å². The van der Waals surface area contributed by atoms with Crippen LogP contribution in [0, 0.1) is 6.92 Å². The summed E-state index contributed by atoms with van der Waals surface area (Å²) in [4.78, 5) is 26.4. The number of aromatic nitrogens is 3. The predicted molar refractivity (Wildman–Crippen MR) is 87.6 cm³/mol. The molecule has 128 valence electrons. The molecule has 8 nitrogen and oxygen atoms in total. The molecule has 0 aliphatic carbocycles. The Morgan fingerprint density at radius 1 is 1.46 bits per heavy atom. The van der Waals surface area contributed by atoms with E-state index >= 15 is 0 Å². The molecule has 0 bridgehead atoms. The summed E-state index contributed by atoms with van der Waals surface area (Å²) in [6, 6.07) is 2.95. The van der Waals surface area contributed by atoms with Crippen molar-refractivity contribution in [3.63, 3.8) is 0 Å². The fraction of sp³-hybridized carbons (Fsp3) is 0.500. The summed E-state index contributed by atoms with van der Waals surface area (Å²) < 4.78 is 6.48. The zero-order chi connectivity index (χ0) is 17.3. The Morgan fingerprint density at radius 2 is 2.25 bits per heavy atom. The van der Waals surface area contributed by atoms with Crippen LogP contribution in [0.1, 0.15) is 30.8 Å². The molecule has 2 aromatic rings. The second kappa shape index (κ2) is 6.56. The van der Waals surface area contributed by atoms with Gasteiger partial charge in [-0.1, -0.05) is 5.16 Å². The number of nitrogens with zero attached hydrogens (tertiary/aromatic N) is 4. The summed E-state index contributed by atoms with van der Waals surface area (Å²) >= 11 is 0. The number of aryl methyl sites for hydroxylation is 2. The minimum absolute atomic E-state index is 0.104. The van der Waals surface area contributed by atoms with Gasteiger partial charge >= 0.3 is 0 Å². The van der Waals surface area contributed by atoms with Crippen LogP contribution in [0.25, 0.3) is 0 Å². The van der Waals surface area contributed by atoms with Gasteiger partial charge in [0.1, 0.15) is 0 Å². The number of hydrogen-bond donors (Lipinski definition) is 1. The highest BCUT2D eigenvalue weighted by Gasteiger charge is 2.27. The molecule has 0 saturated heterocycles. The first kappa shape index (κ1) is 16.4. The van der Waals surface area contributed by atoms with Crippen molar-refractivity contribution in [2.24, 2.45) is 0 Å². The zero-order valence-corrected chi connectivity index (χ0v) is 14.1. The molecule has 1 amide bonds. The van der Waals surface area contributed by atoms with Crippen molar-refractivity contribution < 1.29 is 9.32 Å². The van der Waals surface area contributed by atoms with Crippen molar-refractivity contribution in [3.05, 3.63) is 39.4 Å². The van der Waals surface area contributed by atoms with Gasteiger partial charge < -0.3 is 4.52 Å². The first-order valence-electron chi connectivity index (χ1n) is 8.06. The molecular formula is C16H21N5O3. The highest BCUT2D eigenvalue weighted by atomic mass is 16.5. The van der Waals surface area contributed by atoms with Gasteiger partial charge in [0.05, 0.1) is 17.4 Å². The third-order valence-corrected chi connectivity index (χ3v) is 4.27. The average Bonchev–Trinajstić information content (AvgIpc) is 2.97. The number of amides is 1. The largest absolute Gasteiger partial charge is 0.338 e. The normalized spacial score (nSPS) is 15.8. The number of carbonyl (C=O) groups is 1. The van der Waals surface area contributed by atoms with E-state index in [0.717, 1.165) is 11.3 Å². The third kappa shape index (κ3) is 3.23. The van der Waals surface area contributed by atoms with E-state index in [1.54, 1.807) is 19.1 Å². The molecule has 1 N–H and O–H groups in total. The zero-order valence-electron chi connectivity index (χ0n) is 14.1. The van der Waals surface area contributed by atoms with Crippen LogP contribution in [0.2, 0.25) is 0 Å². The van der Waals surface area contributed by atoms with E-state index in [9.17, 15) is 9.59 Å². The van der Waals surface area contributed by atoms with Crippen molar-refractivity contribution >= 4 is 11.8 Å². The first-order valence-corrected chi connectivity index (χ1v) is 8.06. The third-order valence-electron chi connectivity index (χ3n) is 4.27. The van der Waals surface area contributed by atoms with Crippen molar-refractivity contribution in [1.82, 2.24) is 19.8 Å². The van der Waals surface area contributed by atoms with Gasteiger partial charge in [0.25, 0.3) is 5.56 Å². The van der Waals surface area contributed by atoms with E-state index in [0.29, 0.717) is 37.6 Å². The highest BCUT2D eigenvalue weighted by Crippen LogP contribution is 2.18. The van der Waals surface area contributed by atoms with Crippen LogP contribution in [-0.2, 0) is 24.3 Å². The van der Waals surface area contributed by atoms with Gasteiger partial charge in [-0.25, -0.2) is 4.68 Å².